The topological polar surface area (TPSA) is 81.3 Å². The number of halogens is 1. The van der Waals surface area contributed by atoms with Gasteiger partial charge < -0.3 is 20.3 Å². The molecule has 6 nitrogen and oxygen atoms in total. The molecule has 7 heteroatoms. The Bertz CT molecular complexity index is 373. The Morgan fingerprint density at radius 3 is 2.67 bits per heavy atom. The fraction of sp³-hybridized carbons (Fsp3) is 0.545. The number of rotatable bonds is 5. The average molecular weight is 273 g/mol. The second-order valence-corrected chi connectivity index (χ2v) is 3.94. The van der Waals surface area contributed by atoms with Crippen LogP contribution in [0.4, 0.5) is 0 Å². The molecule has 0 bridgehead atoms. The van der Waals surface area contributed by atoms with E-state index in [1.165, 1.54) is 0 Å². The molecule has 0 amide bonds. The van der Waals surface area contributed by atoms with Crippen LogP contribution in [0, 0.1) is 5.41 Å². The van der Waals surface area contributed by atoms with Crippen molar-refractivity contribution in [3.8, 4) is 0 Å². The molecule has 0 atom stereocenters. The zero-order valence-electron chi connectivity index (χ0n) is 10.3. The standard InChI is InChI=1S/C11H17ClN4O2/c1-2-14-11(12)7-10(9(8-13)15-17)16-3-5-18-6-4-16/h7-8,13,17H,2-6H2,1H3/b10-7+,13-8?,14-11?,15-9+. The molecule has 0 unspecified atom stereocenters. The maximum absolute atomic E-state index is 8.92. The van der Waals surface area contributed by atoms with Gasteiger partial charge in [-0.25, -0.2) is 0 Å². The van der Waals surface area contributed by atoms with Crippen molar-refractivity contribution in [1.82, 2.24) is 4.90 Å². The van der Waals surface area contributed by atoms with E-state index in [0.717, 1.165) is 6.21 Å². The lowest BCUT2D eigenvalue weighted by atomic mass is 10.2. The number of nitrogens with zero attached hydrogens (tertiary/aromatic N) is 3. The summed E-state index contributed by atoms with van der Waals surface area (Å²) < 4.78 is 5.26. The van der Waals surface area contributed by atoms with Gasteiger partial charge in [-0.2, -0.15) is 0 Å². The number of hydrogen-bond acceptors (Lipinski definition) is 6. The normalized spacial score (nSPS) is 19.0. The molecule has 0 aliphatic carbocycles. The van der Waals surface area contributed by atoms with E-state index in [4.69, 9.17) is 27.0 Å². The van der Waals surface area contributed by atoms with E-state index >= 15 is 0 Å². The Hall–Kier alpha value is -1.40. The number of hydrogen-bond donors (Lipinski definition) is 2. The predicted molar refractivity (Wildman–Crippen MR) is 72.3 cm³/mol. The number of allylic oxidation sites excluding steroid dienone is 2. The summed E-state index contributed by atoms with van der Waals surface area (Å²) in [4.78, 5) is 6.00. The highest BCUT2D eigenvalue weighted by molar-refractivity contribution is 6.68. The van der Waals surface area contributed by atoms with E-state index in [-0.39, 0.29) is 5.71 Å². The first-order chi connectivity index (χ1) is 8.72. The SMILES string of the molecule is CCN=C(Cl)/C=C(\C(C=N)=N\O)N1CCOCC1. The number of morpholine rings is 1. The van der Waals surface area contributed by atoms with Gasteiger partial charge in [0.1, 0.15) is 10.9 Å². The van der Waals surface area contributed by atoms with E-state index < -0.39 is 0 Å². The van der Waals surface area contributed by atoms with Crippen molar-refractivity contribution in [2.24, 2.45) is 10.1 Å². The third-order valence-corrected chi connectivity index (χ3v) is 2.65. The highest BCUT2D eigenvalue weighted by Crippen LogP contribution is 2.11. The molecule has 0 aromatic heterocycles. The van der Waals surface area contributed by atoms with Gasteiger partial charge in [0.25, 0.3) is 0 Å². The van der Waals surface area contributed by atoms with Crippen LogP contribution in [0.5, 0.6) is 0 Å². The van der Waals surface area contributed by atoms with Crippen LogP contribution in [-0.2, 0) is 4.74 Å². The second-order valence-electron chi connectivity index (χ2n) is 3.56. The summed E-state index contributed by atoms with van der Waals surface area (Å²) in [6, 6.07) is 0. The lowest BCUT2D eigenvalue weighted by Gasteiger charge is -2.30. The van der Waals surface area contributed by atoms with Gasteiger partial charge in [0.2, 0.25) is 0 Å². The molecule has 18 heavy (non-hydrogen) atoms. The summed E-state index contributed by atoms with van der Waals surface area (Å²) in [6.07, 6.45) is 2.59. The van der Waals surface area contributed by atoms with Gasteiger partial charge in [-0.15, -0.1) is 0 Å². The Morgan fingerprint density at radius 2 is 2.17 bits per heavy atom. The highest BCUT2D eigenvalue weighted by atomic mass is 35.5. The van der Waals surface area contributed by atoms with E-state index in [2.05, 4.69) is 10.1 Å². The van der Waals surface area contributed by atoms with E-state index in [1.54, 1.807) is 6.08 Å². The first kappa shape index (κ1) is 14.7. The smallest absolute Gasteiger partial charge is 0.143 e. The fourth-order valence-corrected chi connectivity index (χ4v) is 1.82. The van der Waals surface area contributed by atoms with Crippen molar-refractivity contribution in [1.29, 1.82) is 5.41 Å². The maximum atomic E-state index is 8.92. The van der Waals surface area contributed by atoms with Gasteiger partial charge in [0.05, 0.1) is 18.9 Å². The monoisotopic (exact) mass is 272 g/mol. The summed E-state index contributed by atoms with van der Waals surface area (Å²) >= 11 is 5.96. The molecule has 1 aliphatic rings. The Kier molecular flexibility index (Phi) is 6.38. The van der Waals surface area contributed by atoms with Gasteiger partial charge >= 0.3 is 0 Å². The van der Waals surface area contributed by atoms with Crippen LogP contribution in [0.1, 0.15) is 6.92 Å². The lowest BCUT2D eigenvalue weighted by Crippen LogP contribution is -2.38. The van der Waals surface area contributed by atoms with Crippen molar-refractivity contribution in [2.45, 2.75) is 6.92 Å². The molecule has 2 N–H and O–H groups in total. The van der Waals surface area contributed by atoms with Gasteiger partial charge in [0.15, 0.2) is 0 Å². The number of ether oxygens (including phenoxy) is 1. The van der Waals surface area contributed by atoms with Gasteiger partial charge in [0, 0.05) is 31.9 Å². The minimum atomic E-state index is 0.154. The first-order valence-electron chi connectivity index (χ1n) is 5.70. The van der Waals surface area contributed by atoms with Crippen LogP contribution in [0.3, 0.4) is 0 Å². The summed E-state index contributed by atoms with van der Waals surface area (Å²) in [5.41, 5.74) is 0.736. The highest BCUT2D eigenvalue weighted by Gasteiger charge is 2.18. The minimum Gasteiger partial charge on any atom is -0.410 e. The van der Waals surface area contributed by atoms with Crippen molar-refractivity contribution >= 4 is 28.7 Å². The molecule has 1 aliphatic heterocycles. The van der Waals surface area contributed by atoms with Crippen molar-refractivity contribution in [2.75, 3.05) is 32.8 Å². The van der Waals surface area contributed by atoms with Crippen molar-refractivity contribution < 1.29 is 9.94 Å². The molecule has 0 saturated carbocycles. The number of aliphatic imine (C=N–C) groups is 1. The van der Waals surface area contributed by atoms with Gasteiger partial charge in [-0.05, 0) is 6.92 Å². The number of nitrogens with one attached hydrogen (secondary N) is 1. The summed E-state index contributed by atoms with van der Waals surface area (Å²) in [5.74, 6) is 0. The zero-order valence-corrected chi connectivity index (χ0v) is 11.0. The van der Waals surface area contributed by atoms with Crippen molar-refractivity contribution in [3.05, 3.63) is 11.8 Å². The fourth-order valence-electron chi connectivity index (χ4n) is 1.60. The van der Waals surface area contributed by atoms with E-state index in [9.17, 15) is 0 Å². The molecular formula is C11H17ClN4O2. The van der Waals surface area contributed by atoms with Crippen LogP contribution in [-0.4, -0.2) is 60.1 Å². The minimum absolute atomic E-state index is 0.154. The van der Waals surface area contributed by atoms with E-state index in [1.807, 2.05) is 11.8 Å². The molecule has 0 spiro atoms. The van der Waals surface area contributed by atoms with E-state index in [0.29, 0.717) is 43.7 Å². The molecule has 1 fully saturated rings. The van der Waals surface area contributed by atoms with Crippen molar-refractivity contribution in [3.63, 3.8) is 0 Å². The zero-order chi connectivity index (χ0) is 13.4. The molecule has 0 aromatic carbocycles. The number of oxime groups is 1. The predicted octanol–water partition coefficient (Wildman–Crippen LogP) is 1.34. The average Bonchev–Trinajstić information content (AvgIpc) is 2.40. The first-order valence-corrected chi connectivity index (χ1v) is 6.08. The summed E-state index contributed by atoms with van der Waals surface area (Å²) in [6.45, 7) is 4.96. The van der Waals surface area contributed by atoms with Gasteiger partial charge in [-0.1, -0.05) is 16.8 Å². The second kappa shape index (κ2) is 7.84. The van der Waals surface area contributed by atoms with Gasteiger partial charge in [-0.3, -0.25) is 4.99 Å². The summed E-state index contributed by atoms with van der Waals surface area (Å²) in [7, 11) is 0. The van der Waals surface area contributed by atoms with Crippen LogP contribution in [0.2, 0.25) is 0 Å². The molecule has 1 saturated heterocycles. The van der Waals surface area contributed by atoms with Crippen LogP contribution in [0.15, 0.2) is 21.9 Å². The lowest BCUT2D eigenvalue weighted by molar-refractivity contribution is 0.0564. The quantitative estimate of drug-likeness (QED) is 0.450. The van der Waals surface area contributed by atoms with Crippen LogP contribution < -0.4 is 0 Å². The third kappa shape index (κ3) is 4.12. The van der Waals surface area contributed by atoms with Crippen LogP contribution >= 0.6 is 11.6 Å². The molecular weight excluding hydrogens is 256 g/mol. The summed E-state index contributed by atoms with van der Waals surface area (Å²) in [5, 5.41) is 19.6. The molecule has 1 rings (SSSR count). The Balaban J connectivity index is 3.00. The Labute approximate surface area is 111 Å². The largest absolute Gasteiger partial charge is 0.410 e. The Morgan fingerprint density at radius 1 is 1.50 bits per heavy atom. The van der Waals surface area contributed by atoms with Crippen LogP contribution in [0.25, 0.3) is 0 Å². The molecule has 100 valence electrons. The molecule has 0 aromatic rings. The molecule has 0 radical (unpaired) electrons. The third-order valence-electron chi connectivity index (χ3n) is 2.42. The molecule has 1 heterocycles. The maximum Gasteiger partial charge on any atom is 0.143 e.